The average Bonchev–Trinajstić information content (AvgIpc) is 2.53. The van der Waals surface area contributed by atoms with Crippen LogP contribution in [0.15, 0.2) is 53.4 Å². The minimum Gasteiger partial charge on any atom is -0.497 e. The van der Waals surface area contributed by atoms with Crippen molar-refractivity contribution in [2.45, 2.75) is 4.90 Å². The lowest BCUT2D eigenvalue weighted by Crippen LogP contribution is -2.23. The Hall–Kier alpha value is -2.00. The van der Waals surface area contributed by atoms with Crippen LogP contribution >= 0.6 is 11.6 Å². The lowest BCUT2D eigenvalue weighted by molar-refractivity contribution is 0.414. The largest absolute Gasteiger partial charge is 0.497 e. The topological polar surface area (TPSA) is 55.4 Å². The van der Waals surface area contributed by atoms with Gasteiger partial charge in [0.25, 0.3) is 0 Å². The fourth-order valence-corrected chi connectivity index (χ4v) is 2.78. The number of ether oxygens (including phenoxy) is 1. The predicted molar refractivity (Wildman–Crippen MR) is 86.5 cm³/mol. The van der Waals surface area contributed by atoms with E-state index in [2.05, 4.69) is 16.6 Å². The lowest BCUT2D eigenvalue weighted by Gasteiger charge is -2.05. The molecule has 0 atom stereocenters. The van der Waals surface area contributed by atoms with Crippen molar-refractivity contribution in [1.29, 1.82) is 0 Å². The highest BCUT2D eigenvalue weighted by Crippen LogP contribution is 2.15. The van der Waals surface area contributed by atoms with Gasteiger partial charge in [0.1, 0.15) is 5.75 Å². The first kappa shape index (κ1) is 16.4. The van der Waals surface area contributed by atoms with Gasteiger partial charge in [-0.2, -0.15) is 4.72 Å². The number of sulfonamides is 1. The molecule has 2 aromatic rings. The molecule has 6 heteroatoms. The van der Waals surface area contributed by atoms with Gasteiger partial charge in [-0.1, -0.05) is 35.6 Å². The average molecular weight is 336 g/mol. The molecular weight excluding hydrogens is 322 g/mol. The van der Waals surface area contributed by atoms with E-state index in [-0.39, 0.29) is 11.4 Å². The summed E-state index contributed by atoms with van der Waals surface area (Å²) in [6.45, 7) is -0.000411. The maximum atomic E-state index is 12.1. The van der Waals surface area contributed by atoms with E-state index in [1.54, 1.807) is 30.3 Å². The van der Waals surface area contributed by atoms with Gasteiger partial charge in [0, 0.05) is 5.56 Å². The number of halogens is 1. The summed E-state index contributed by atoms with van der Waals surface area (Å²) < 4.78 is 31.5. The molecule has 0 saturated carbocycles. The second kappa shape index (κ2) is 7.32. The lowest BCUT2D eigenvalue weighted by atomic mass is 10.2. The highest BCUT2D eigenvalue weighted by Gasteiger charge is 2.12. The summed E-state index contributed by atoms with van der Waals surface area (Å²) in [4.78, 5) is 0.160. The Morgan fingerprint density at radius 1 is 1.14 bits per heavy atom. The maximum Gasteiger partial charge on any atom is 0.241 e. The second-order valence-corrected chi connectivity index (χ2v) is 6.46. The van der Waals surface area contributed by atoms with Crippen molar-refractivity contribution < 1.29 is 13.2 Å². The Balaban J connectivity index is 2.03. The highest BCUT2D eigenvalue weighted by atomic mass is 35.5. The Kier molecular flexibility index (Phi) is 5.45. The Morgan fingerprint density at radius 3 is 2.45 bits per heavy atom. The molecule has 2 rings (SSSR count). The number of benzene rings is 2. The molecule has 0 aliphatic carbocycles. The van der Waals surface area contributed by atoms with E-state index < -0.39 is 10.0 Å². The van der Waals surface area contributed by atoms with E-state index in [0.29, 0.717) is 16.3 Å². The minimum absolute atomic E-state index is 0.000411. The maximum absolute atomic E-state index is 12.1. The third-order valence-electron chi connectivity index (χ3n) is 2.82. The number of methoxy groups -OCH3 is 1. The van der Waals surface area contributed by atoms with Crippen LogP contribution in [0.4, 0.5) is 0 Å². The van der Waals surface area contributed by atoms with Gasteiger partial charge in [-0.25, -0.2) is 8.42 Å². The van der Waals surface area contributed by atoms with Crippen molar-refractivity contribution in [3.05, 3.63) is 59.1 Å². The van der Waals surface area contributed by atoms with Crippen LogP contribution < -0.4 is 9.46 Å². The molecule has 0 bridgehead atoms. The normalized spacial score (nSPS) is 10.6. The fraction of sp³-hybridized carbons (Fsp3) is 0.125. The van der Waals surface area contributed by atoms with E-state index in [1.165, 1.54) is 19.2 Å². The van der Waals surface area contributed by atoms with Crippen LogP contribution in [0.1, 0.15) is 5.56 Å². The summed E-state index contributed by atoms with van der Waals surface area (Å²) in [5, 5.41) is 0.535. The number of nitrogens with one attached hydrogen (secondary N) is 1. The molecule has 0 fully saturated rings. The first-order chi connectivity index (χ1) is 10.5. The predicted octanol–water partition coefficient (Wildman–Crippen LogP) is 2.68. The molecule has 0 saturated heterocycles. The van der Waals surface area contributed by atoms with E-state index in [9.17, 15) is 8.42 Å². The molecule has 0 aliphatic heterocycles. The van der Waals surface area contributed by atoms with Crippen LogP contribution in [0, 0.1) is 11.8 Å². The summed E-state index contributed by atoms with van der Waals surface area (Å²) in [7, 11) is -2.07. The molecule has 0 unspecified atom stereocenters. The van der Waals surface area contributed by atoms with Crippen LogP contribution in [-0.2, 0) is 10.0 Å². The van der Waals surface area contributed by atoms with Gasteiger partial charge in [0.05, 0.1) is 23.6 Å². The summed E-state index contributed by atoms with van der Waals surface area (Å²) in [6.07, 6.45) is 0. The molecule has 2 aromatic carbocycles. The van der Waals surface area contributed by atoms with Crippen LogP contribution in [0.25, 0.3) is 0 Å². The van der Waals surface area contributed by atoms with Crippen molar-refractivity contribution in [3.63, 3.8) is 0 Å². The van der Waals surface area contributed by atoms with Crippen molar-refractivity contribution in [2.75, 3.05) is 13.7 Å². The standard InChI is InChI=1S/C16H14ClNO3S/c1-21-14-8-10-15(11-9-14)22(19,20)18-12-4-6-13-5-2-3-7-16(13)17/h2-3,5,7-11,18H,12H2,1H3. The Bertz CT molecular complexity index is 805. The van der Waals surface area contributed by atoms with Gasteiger partial charge < -0.3 is 4.74 Å². The third kappa shape index (κ3) is 4.25. The molecule has 114 valence electrons. The van der Waals surface area contributed by atoms with Crippen molar-refractivity contribution >= 4 is 21.6 Å². The van der Waals surface area contributed by atoms with Gasteiger partial charge in [-0.05, 0) is 36.4 Å². The number of hydrogen-bond acceptors (Lipinski definition) is 3. The molecule has 4 nitrogen and oxygen atoms in total. The monoisotopic (exact) mass is 335 g/mol. The Labute approximate surface area is 135 Å². The molecule has 0 aliphatic rings. The smallest absolute Gasteiger partial charge is 0.241 e. The quantitative estimate of drug-likeness (QED) is 0.874. The summed E-state index contributed by atoms with van der Waals surface area (Å²) >= 11 is 5.96. The molecule has 0 radical (unpaired) electrons. The minimum atomic E-state index is -3.59. The van der Waals surface area contributed by atoms with E-state index >= 15 is 0 Å². The third-order valence-corrected chi connectivity index (χ3v) is 4.56. The fourth-order valence-electron chi connectivity index (χ4n) is 1.67. The summed E-state index contributed by atoms with van der Waals surface area (Å²) in [5.41, 5.74) is 0.660. The second-order valence-electron chi connectivity index (χ2n) is 4.28. The van der Waals surface area contributed by atoms with Crippen molar-refractivity contribution in [3.8, 4) is 17.6 Å². The molecule has 0 aromatic heterocycles. The zero-order chi connectivity index (χ0) is 16.0. The molecule has 1 N–H and O–H groups in total. The van der Waals surface area contributed by atoms with Crippen LogP contribution in [-0.4, -0.2) is 22.1 Å². The number of hydrogen-bond donors (Lipinski definition) is 1. The zero-order valence-electron chi connectivity index (χ0n) is 11.8. The first-order valence-electron chi connectivity index (χ1n) is 6.40. The molecule has 0 heterocycles. The Morgan fingerprint density at radius 2 is 1.82 bits per heavy atom. The van der Waals surface area contributed by atoms with Gasteiger partial charge in [0.2, 0.25) is 10.0 Å². The van der Waals surface area contributed by atoms with E-state index in [4.69, 9.17) is 16.3 Å². The molecule has 0 spiro atoms. The zero-order valence-corrected chi connectivity index (χ0v) is 13.4. The van der Waals surface area contributed by atoms with Crippen LogP contribution in [0.2, 0.25) is 5.02 Å². The van der Waals surface area contributed by atoms with Gasteiger partial charge in [-0.15, -0.1) is 0 Å². The molecular formula is C16H14ClNO3S. The van der Waals surface area contributed by atoms with Gasteiger partial charge in [0.15, 0.2) is 0 Å². The van der Waals surface area contributed by atoms with Crippen LogP contribution in [0.3, 0.4) is 0 Å². The van der Waals surface area contributed by atoms with Gasteiger partial charge in [-0.3, -0.25) is 0 Å². The SMILES string of the molecule is COc1ccc(S(=O)(=O)NCC#Cc2ccccc2Cl)cc1. The van der Waals surface area contributed by atoms with Crippen molar-refractivity contribution in [2.24, 2.45) is 0 Å². The van der Waals surface area contributed by atoms with E-state index in [1.807, 2.05) is 6.07 Å². The summed E-state index contributed by atoms with van der Waals surface area (Å²) in [5.74, 6) is 6.16. The van der Waals surface area contributed by atoms with Crippen LogP contribution in [0.5, 0.6) is 5.75 Å². The van der Waals surface area contributed by atoms with Gasteiger partial charge >= 0.3 is 0 Å². The molecule has 0 amide bonds. The summed E-state index contributed by atoms with van der Waals surface area (Å²) in [6, 6.07) is 13.2. The first-order valence-corrected chi connectivity index (χ1v) is 8.26. The molecule has 22 heavy (non-hydrogen) atoms. The highest BCUT2D eigenvalue weighted by molar-refractivity contribution is 7.89. The van der Waals surface area contributed by atoms with Crippen molar-refractivity contribution in [1.82, 2.24) is 4.72 Å². The number of rotatable bonds is 4. The van der Waals surface area contributed by atoms with E-state index in [0.717, 1.165) is 0 Å².